The number of pyridine rings is 1. The molecule has 2 nitrogen and oxygen atoms in total. The number of aromatic nitrogens is 1. The summed E-state index contributed by atoms with van der Waals surface area (Å²) >= 11 is 3.39. The lowest BCUT2D eigenvalue weighted by atomic mass is 9.89. The minimum Gasteiger partial charge on any atom is -0.325 e. The number of halogens is 1. The first-order valence-electron chi connectivity index (χ1n) is 5.98. The third kappa shape index (κ3) is 3.93. The second-order valence-corrected chi connectivity index (χ2v) is 5.88. The van der Waals surface area contributed by atoms with Gasteiger partial charge in [0, 0.05) is 28.3 Å². The molecular formula is C15H17BrN2. The van der Waals surface area contributed by atoms with Crippen molar-refractivity contribution < 1.29 is 0 Å². The molecule has 0 bridgehead atoms. The predicted molar refractivity (Wildman–Crippen MR) is 78.4 cm³/mol. The molecule has 2 rings (SSSR count). The monoisotopic (exact) mass is 304 g/mol. The van der Waals surface area contributed by atoms with Gasteiger partial charge in [-0.3, -0.25) is 4.98 Å². The highest BCUT2D eigenvalue weighted by atomic mass is 79.9. The minimum atomic E-state index is -0.276. The van der Waals surface area contributed by atoms with Crippen LogP contribution in [0.2, 0.25) is 0 Å². The summed E-state index contributed by atoms with van der Waals surface area (Å²) in [5.41, 5.74) is 8.38. The SMILES string of the molecule is CC(N)(Cc1ccccc1)Cc1ccc(Br)cn1. The Kier molecular flexibility index (Phi) is 4.15. The van der Waals surface area contributed by atoms with Crippen molar-refractivity contribution in [2.24, 2.45) is 5.73 Å². The van der Waals surface area contributed by atoms with Crippen molar-refractivity contribution in [1.82, 2.24) is 4.98 Å². The number of nitrogens with two attached hydrogens (primary N) is 1. The summed E-state index contributed by atoms with van der Waals surface area (Å²) in [6.07, 6.45) is 3.44. The second-order valence-electron chi connectivity index (χ2n) is 4.96. The molecule has 0 aliphatic rings. The van der Waals surface area contributed by atoms with Crippen LogP contribution in [0, 0.1) is 0 Å². The lowest BCUT2D eigenvalue weighted by Crippen LogP contribution is -2.41. The van der Waals surface area contributed by atoms with Gasteiger partial charge in [-0.25, -0.2) is 0 Å². The van der Waals surface area contributed by atoms with Gasteiger partial charge in [0.2, 0.25) is 0 Å². The fraction of sp³-hybridized carbons (Fsp3) is 0.267. The van der Waals surface area contributed by atoms with Crippen molar-refractivity contribution in [3.63, 3.8) is 0 Å². The van der Waals surface area contributed by atoms with Crippen LogP contribution in [0.15, 0.2) is 53.1 Å². The molecule has 1 aromatic heterocycles. The van der Waals surface area contributed by atoms with Gasteiger partial charge >= 0.3 is 0 Å². The van der Waals surface area contributed by atoms with Crippen molar-refractivity contribution in [3.8, 4) is 0 Å². The Labute approximate surface area is 116 Å². The normalized spacial score (nSPS) is 14.2. The maximum absolute atomic E-state index is 6.37. The molecule has 2 aromatic rings. The van der Waals surface area contributed by atoms with Crippen LogP contribution >= 0.6 is 15.9 Å². The van der Waals surface area contributed by atoms with Gasteiger partial charge in [-0.1, -0.05) is 30.3 Å². The van der Waals surface area contributed by atoms with E-state index in [1.54, 1.807) is 0 Å². The average molecular weight is 305 g/mol. The molecule has 0 saturated carbocycles. The first kappa shape index (κ1) is 13.2. The maximum Gasteiger partial charge on any atom is 0.0422 e. The first-order valence-corrected chi connectivity index (χ1v) is 6.78. The van der Waals surface area contributed by atoms with E-state index in [0.29, 0.717) is 0 Å². The molecule has 1 unspecified atom stereocenters. The summed E-state index contributed by atoms with van der Waals surface area (Å²) in [7, 11) is 0. The zero-order chi connectivity index (χ0) is 13.0. The average Bonchev–Trinajstić information content (AvgIpc) is 2.32. The molecule has 1 heterocycles. The summed E-state index contributed by atoms with van der Waals surface area (Å²) in [5, 5.41) is 0. The molecule has 18 heavy (non-hydrogen) atoms. The maximum atomic E-state index is 6.37. The first-order chi connectivity index (χ1) is 8.55. The van der Waals surface area contributed by atoms with Crippen LogP contribution in [0.25, 0.3) is 0 Å². The summed E-state index contributed by atoms with van der Waals surface area (Å²) in [5.74, 6) is 0. The fourth-order valence-electron chi connectivity index (χ4n) is 2.05. The molecule has 94 valence electrons. The Balaban J connectivity index is 2.05. The third-order valence-electron chi connectivity index (χ3n) is 2.82. The largest absolute Gasteiger partial charge is 0.325 e. The van der Waals surface area contributed by atoms with E-state index < -0.39 is 0 Å². The van der Waals surface area contributed by atoms with E-state index >= 15 is 0 Å². The van der Waals surface area contributed by atoms with Gasteiger partial charge in [-0.15, -0.1) is 0 Å². The standard InChI is InChI=1S/C15H17BrN2/c1-15(17,9-12-5-3-2-4-6-12)10-14-8-7-13(16)11-18-14/h2-8,11H,9-10,17H2,1H3. The molecule has 0 saturated heterocycles. The van der Waals surface area contributed by atoms with Gasteiger partial charge in [0.25, 0.3) is 0 Å². The van der Waals surface area contributed by atoms with Crippen LogP contribution in [0.3, 0.4) is 0 Å². The molecule has 1 aromatic carbocycles. The highest BCUT2D eigenvalue weighted by Crippen LogP contribution is 2.16. The van der Waals surface area contributed by atoms with Gasteiger partial charge in [-0.2, -0.15) is 0 Å². The van der Waals surface area contributed by atoms with Crippen LogP contribution in [0.4, 0.5) is 0 Å². The smallest absolute Gasteiger partial charge is 0.0422 e. The van der Waals surface area contributed by atoms with E-state index in [1.165, 1.54) is 5.56 Å². The van der Waals surface area contributed by atoms with Crippen molar-refractivity contribution in [2.75, 3.05) is 0 Å². The molecule has 2 N–H and O–H groups in total. The molecule has 0 radical (unpaired) electrons. The highest BCUT2D eigenvalue weighted by molar-refractivity contribution is 9.10. The number of hydrogen-bond donors (Lipinski definition) is 1. The number of rotatable bonds is 4. The molecule has 0 amide bonds. The van der Waals surface area contributed by atoms with Crippen LogP contribution in [0.5, 0.6) is 0 Å². The van der Waals surface area contributed by atoms with Crippen LogP contribution in [-0.4, -0.2) is 10.5 Å². The molecule has 0 spiro atoms. The molecule has 0 aliphatic carbocycles. The Morgan fingerprint density at radius 1 is 1.11 bits per heavy atom. The van der Waals surface area contributed by atoms with Gasteiger partial charge in [0.15, 0.2) is 0 Å². The Morgan fingerprint density at radius 3 is 2.44 bits per heavy atom. The van der Waals surface area contributed by atoms with E-state index in [-0.39, 0.29) is 5.54 Å². The highest BCUT2D eigenvalue weighted by Gasteiger charge is 2.20. The number of benzene rings is 1. The van der Waals surface area contributed by atoms with E-state index in [2.05, 4.69) is 40.0 Å². The predicted octanol–water partition coefficient (Wildman–Crippen LogP) is 3.35. The molecular weight excluding hydrogens is 288 g/mol. The summed E-state index contributed by atoms with van der Waals surface area (Å²) in [6.45, 7) is 2.07. The minimum absolute atomic E-state index is 0.276. The number of hydrogen-bond acceptors (Lipinski definition) is 2. The van der Waals surface area contributed by atoms with E-state index in [9.17, 15) is 0 Å². The van der Waals surface area contributed by atoms with Crippen LogP contribution in [0.1, 0.15) is 18.2 Å². The topological polar surface area (TPSA) is 38.9 Å². The molecule has 0 fully saturated rings. The van der Waals surface area contributed by atoms with Gasteiger partial charge in [-0.05, 0) is 47.0 Å². The summed E-state index contributed by atoms with van der Waals surface area (Å²) < 4.78 is 0.994. The Bertz CT molecular complexity index is 492. The Hall–Kier alpha value is -1.19. The van der Waals surface area contributed by atoms with Gasteiger partial charge in [0.05, 0.1) is 0 Å². The quantitative estimate of drug-likeness (QED) is 0.941. The molecule has 0 aliphatic heterocycles. The zero-order valence-corrected chi connectivity index (χ0v) is 12.0. The van der Waals surface area contributed by atoms with E-state index in [0.717, 1.165) is 23.0 Å². The number of nitrogens with zero attached hydrogens (tertiary/aromatic N) is 1. The summed E-state index contributed by atoms with van der Waals surface area (Å²) in [6, 6.07) is 14.3. The van der Waals surface area contributed by atoms with Crippen LogP contribution in [-0.2, 0) is 12.8 Å². The Morgan fingerprint density at radius 2 is 1.83 bits per heavy atom. The molecule has 1 atom stereocenters. The molecule has 3 heteroatoms. The lowest BCUT2D eigenvalue weighted by Gasteiger charge is -2.24. The van der Waals surface area contributed by atoms with Crippen molar-refractivity contribution in [3.05, 3.63) is 64.4 Å². The van der Waals surface area contributed by atoms with Gasteiger partial charge < -0.3 is 5.73 Å². The fourth-order valence-corrected chi connectivity index (χ4v) is 2.28. The second kappa shape index (κ2) is 5.63. The summed E-state index contributed by atoms with van der Waals surface area (Å²) in [4.78, 5) is 4.38. The van der Waals surface area contributed by atoms with Crippen LogP contribution < -0.4 is 5.73 Å². The lowest BCUT2D eigenvalue weighted by molar-refractivity contribution is 0.458. The van der Waals surface area contributed by atoms with Gasteiger partial charge in [0.1, 0.15) is 0 Å². The third-order valence-corrected chi connectivity index (χ3v) is 3.29. The van der Waals surface area contributed by atoms with Crippen molar-refractivity contribution in [2.45, 2.75) is 25.3 Å². The zero-order valence-electron chi connectivity index (χ0n) is 10.4. The van der Waals surface area contributed by atoms with E-state index in [1.807, 2.05) is 36.5 Å². The van der Waals surface area contributed by atoms with E-state index in [4.69, 9.17) is 5.73 Å². The van der Waals surface area contributed by atoms with Crippen molar-refractivity contribution in [1.29, 1.82) is 0 Å². The van der Waals surface area contributed by atoms with Crippen molar-refractivity contribution >= 4 is 15.9 Å².